The lowest BCUT2D eigenvalue weighted by Gasteiger charge is -2.12. The Kier molecular flexibility index (Phi) is 3.04. The number of hydrogen-bond donors (Lipinski definition) is 0. The van der Waals surface area contributed by atoms with Crippen LogP contribution < -0.4 is 0 Å². The second kappa shape index (κ2) is 4.47. The highest BCUT2D eigenvalue weighted by Gasteiger charge is 2.15. The lowest BCUT2D eigenvalue weighted by Crippen LogP contribution is -2.05. The first-order valence-corrected chi connectivity index (χ1v) is 5.71. The van der Waals surface area contributed by atoms with Crippen LogP contribution in [-0.2, 0) is 0 Å². The number of benzene rings is 1. The average Bonchev–Trinajstić information content (AvgIpc) is 2.71. The van der Waals surface area contributed by atoms with Crippen molar-refractivity contribution in [2.24, 2.45) is 0 Å². The van der Waals surface area contributed by atoms with Gasteiger partial charge in [-0.1, -0.05) is 37.3 Å². The first kappa shape index (κ1) is 10.9. The summed E-state index contributed by atoms with van der Waals surface area (Å²) in [5, 5.41) is 8.40. The first-order valence-electron chi connectivity index (χ1n) is 5.71. The van der Waals surface area contributed by atoms with E-state index in [1.165, 1.54) is 5.69 Å². The van der Waals surface area contributed by atoms with Crippen molar-refractivity contribution in [3.63, 3.8) is 0 Å². The molecule has 0 radical (unpaired) electrons. The van der Waals surface area contributed by atoms with Crippen LogP contribution in [0.5, 0.6) is 0 Å². The quantitative estimate of drug-likeness (QED) is 0.787. The Balaban J connectivity index is 2.50. The molecule has 0 saturated carbocycles. The fourth-order valence-corrected chi connectivity index (χ4v) is 1.88. The van der Waals surface area contributed by atoms with Gasteiger partial charge in [-0.05, 0) is 25.5 Å². The average molecular weight is 215 g/mol. The van der Waals surface area contributed by atoms with Crippen LogP contribution in [0, 0.1) is 6.92 Å². The van der Waals surface area contributed by atoms with E-state index in [4.69, 9.17) is 0 Å². The fourth-order valence-electron chi connectivity index (χ4n) is 1.88. The van der Waals surface area contributed by atoms with Crippen LogP contribution in [0.1, 0.15) is 37.6 Å². The van der Waals surface area contributed by atoms with E-state index < -0.39 is 0 Å². The highest BCUT2D eigenvalue weighted by Crippen LogP contribution is 2.23. The van der Waals surface area contributed by atoms with Crippen molar-refractivity contribution in [1.29, 1.82) is 0 Å². The molecule has 0 fully saturated rings. The Hall–Kier alpha value is -1.64. The van der Waals surface area contributed by atoms with E-state index >= 15 is 0 Å². The minimum atomic E-state index is 0.482. The van der Waals surface area contributed by atoms with Gasteiger partial charge in [-0.3, -0.25) is 0 Å². The SMILES string of the molecule is CCC(C)c1c(C)nnn1-c1ccccc1. The van der Waals surface area contributed by atoms with Gasteiger partial charge >= 0.3 is 0 Å². The van der Waals surface area contributed by atoms with Gasteiger partial charge in [-0.25, -0.2) is 4.68 Å². The Bertz CT molecular complexity index is 459. The van der Waals surface area contributed by atoms with Crippen LogP contribution in [0.3, 0.4) is 0 Å². The molecule has 0 aliphatic heterocycles. The number of rotatable bonds is 3. The van der Waals surface area contributed by atoms with E-state index in [0.717, 1.165) is 17.8 Å². The fraction of sp³-hybridized carbons (Fsp3) is 0.385. The lowest BCUT2D eigenvalue weighted by molar-refractivity contribution is 0.656. The largest absolute Gasteiger partial charge is 0.217 e. The number of aryl methyl sites for hydroxylation is 1. The molecule has 1 unspecified atom stereocenters. The molecule has 0 amide bonds. The summed E-state index contributed by atoms with van der Waals surface area (Å²) < 4.78 is 1.95. The van der Waals surface area contributed by atoms with Crippen LogP contribution in [0.2, 0.25) is 0 Å². The summed E-state index contributed by atoms with van der Waals surface area (Å²) in [5.74, 6) is 0.482. The Morgan fingerprint density at radius 3 is 2.56 bits per heavy atom. The molecule has 0 aliphatic rings. The van der Waals surface area contributed by atoms with Crippen LogP contribution >= 0.6 is 0 Å². The zero-order valence-electron chi connectivity index (χ0n) is 10.0. The van der Waals surface area contributed by atoms with Gasteiger partial charge < -0.3 is 0 Å². The third kappa shape index (κ3) is 1.85. The van der Waals surface area contributed by atoms with E-state index in [2.05, 4.69) is 36.3 Å². The Labute approximate surface area is 96.1 Å². The topological polar surface area (TPSA) is 30.7 Å². The van der Waals surface area contributed by atoms with Crippen LogP contribution in [0.4, 0.5) is 0 Å². The summed E-state index contributed by atoms with van der Waals surface area (Å²) in [6.45, 7) is 6.42. The van der Waals surface area contributed by atoms with Gasteiger partial charge in [0.15, 0.2) is 0 Å². The molecule has 2 rings (SSSR count). The van der Waals surface area contributed by atoms with Crippen molar-refractivity contribution in [2.45, 2.75) is 33.1 Å². The van der Waals surface area contributed by atoms with Gasteiger partial charge in [0.2, 0.25) is 0 Å². The van der Waals surface area contributed by atoms with Crippen molar-refractivity contribution >= 4 is 0 Å². The molecule has 0 spiro atoms. The minimum Gasteiger partial charge on any atom is -0.217 e. The van der Waals surface area contributed by atoms with Crippen molar-refractivity contribution in [3.8, 4) is 5.69 Å². The molecule has 1 aromatic heterocycles. The highest BCUT2D eigenvalue weighted by molar-refractivity contribution is 5.33. The number of nitrogens with zero attached hydrogens (tertiary/aromatic N) is 3. The van der Waals surface area contributed by atoms with Crippen LogP contribution in [0.25, 0.3) is 5.69 Å². The van der Waals surface area contributed by atoms with E-state index in [1.807, 2.05) is 29.8 Å². The molecule has 2 aromatic rings. The predicted octanol–water partition coefficient (Wildman–Crippen LogP) is 3.09. The Morgan fingerprint density at radius 2 is 1.94 bits per heavy atom. The summed E-state index contributed by atoms with van der Waals surface area (Å²) in [7, 11) is 0. The third-order valence-corrected chi connectivity index (χ3v) is 2.96. The highest BCUT2D eigenvalue weighted by atomic mass is 15.4. The van der Waals surface area contributed by atoms with Gasteiger partial charge in [-0.15, -0.1) is 5.10 Å². The van der Waals surface area contributed by atoms with Crippen molar-refractivity contribution in [1.82, 2.24) is 15.0 Å². The van der Waals surface area contributed by atoms with Gasteiger partial charge in [0.05, 0.1) is 17.1 Å². The van der Waals surface area contributed by atoms with E-state index in [-0.39, 0.29) is 0 Å². The molecule has 1 heterocycles. The normalized spacial score (nSPS) is 12.7. The number of hydrogen-bond acceptors (Lipinski definition) is 2. The molecule has 0 bridgehead atoms. The van der Waals surface area contributed by atoms with E-state index in [0.29, 0.717) is 5.92 Å². The van der Waals surface area contributed by atoms with Gasteiger partial charge in [-0.2, -0.15) is 0 Å². The summed E-state index contributed by atoms with van der Waals surface area (Å²) in [6.07, 6.45) is 1.10. The maximum absolute atomic E-state index is 4.22. The molecular formula is C13H17N3. The number of aromatic nitrogens is 3. The maximum Gasteiger partial charge on any atom is 0.0835 e. The molecule has 1 aromatic carbocycles. The lowest BCUT2D eigenvalue weighted by atomic mass is 10.0. The molecule has 1 atom stereocenters. The molecule has 0 aliphatic carbocycles. The van der Waals surface area contributed by atoms with Gasteiger partial charge in [0, 0.05) is 5.92 Å². The molecule has 0 saturated heterocycles. The van der Waals surface area contributed by atoms with Gasteiger partial charge in [0.1, 0.15) is 0 Å². The van der Waals surface area contributed by atoms with E-state index in [1.54, 1.807) is 0 Å². The summed E-state index contributed by atoms with van der Waals surface area (Å²) >= 11 is 0. The summed E-state index contributed by atoms with van der Waals surface area (Å²) in [5.41, 5.74) is 3.32. The smallest absolute Gasteiger partial charge is 0.0835 e. The Morgan fingerprint density at radius 1 is 1.25 bits per heavy atom. The molecule has 16 heavy (non-hydrogen) atoms. The summed E-state index contributed by atoms with van der Waals surface area (Å²) in [4.78, 5) is 0. The van der Waals surface area contributed by atoms with Crippen molar-refractivity contribution in [2.75, 3.05) is 0 Å². The zero-order valence-corrected chi connectivity index (χ0v) is 10.0. The molecular weight excluding hydrogens is 198 g/mol. The molecule has 84 valence electrons. The monoisotopic (exact) mass is 215 g/mol. The predicted molar refractivity (Wildman–Crippen MR) is 64.8 cm³/mol. The summed E-state index contributed by atoms with van der Waals surface area (Å²) in [6, 6.07) is 10.2. The number of para-hydroxylation sites is 1. The van der Waals surface area contributed by atoms with Crippen LogP contribution in [-0.4, -0.2) is 15.0 Å². The zero-order chi connectivity index (χ0) is 11.5. The molecule has 0 N–H and O–H groups in total. The first-order chi connectivity index (χ1) is 7.74. The van der Waals surface area contributed by atoms with Gasteiger partial charge in [0.25, 0.3) is 0 Å². The van der Waals surface area contributed by atoms with Crippen LogP contribution in [0.15, 0.2) is 30.3 Å². The van der Waals surface area contributed by atoms with Crippen molar-refractivity contribution in [3.05, 3.63) is 41.7 Å². The standard InChI is InChI=1S/C13H17N3/c1-4-10(2)13-11(3)14-15-16(13)12-8-6-5-7-9-12/h5-10H,4H2,1-3H3. The third-order valence-electron chi connectivity index (χ3n) is 2.96. The maximum atomic E-state index is 4.22. The second-order valence-corrected chi connectivity index (χ2v) is 4.12. The van der Waals surface area contributed by atoms with Crippen molar-refractivity contribution < 1.29 is 0 Å². The second-order valence-electron chi connectivity index (χ2n) is 4.12. The van der Waals surface area contributed by atoms with E-state index in [9.17, 15) is 0 Å². The molecule has 3 nitrogen and oxygen atoms in total. The molecule has 3 heteroatoms. The minimum absolute atomic E-state index is 0.482.